The van der Waals surface area contributed by atoms with E-state index in [-0.39, 0.29) is 0 Å². The zero-order chi connectivity index (χ0) is 12.8. The topological polar surface area (TPSA) is 20.2 Å². The number of benzene rings is 1. The largest absolute Gasteiger partial charge is 0.388 e. The van der Waals surface area contributed by atoms with E-state index in [9.17, 15) is 13.9 Å². The fraction of sp³-hybridized carbons (Fsp3) is 0.571. The highest BCUT2D eigenvalue weighted by atomic mass is 19.3. The number of aryl methyl sites for hydroxylation is 1. The average molecular weight is 242 g/mol. The van der Waals surface area contributed by atoms with Crippen molar-refractivity contribution in [3.8, 4) is 0 Å². The molecule has 2 atom stereocenters. The van der Waals surface area contributed by atoms with Crippen LogP contribution in [0.25, 0.3) is 0 Å². The molecule has 1 aromatic rings. The monoisotopic (exact) mass is 242 g/mol. The van der Waals surface area contributed by atoms with Crippen molar-refractivity contribution in [1.82, 2.24) is 0 Å². The number of hydrogen-bond donors (Lipinski definition) is 1. The summed E-state index contributed by atoms with van der Waals surface area (Å²) in [6, 6.07) is 7.31. The molecule has 0 aliphatic carbocycles. The van der Waals surface area contributed by atoms with Gasteiger partial charge in [-0.3, -0.25) is 0 Å². The van der Waals surface area contributed by atoms with Crippen molar-refractivity contribution in [2.24, 2.45) is 5.92 Å². The van der Waals surface area contributed by atoms with Crippen molar-refractivity contribution in [1.29, 1.82) is 0 Å². The molecule has 3 heteroatoms. The van der Waals surface area contributed by atoms with E-state index in [1.54, 1.807) is 12.1 Å². The molecule has 0 saturated carbocycles. The minimum atomic E-state index is -2.50. The Morgan fingerprint density at radius 3 is 2.24 bits per heavy atom. The summed E-state index contributed by atoms with van der Waals surface area (Å²) in [5.41, 5.74) is 1.76. The van der Waals surface area contributed by atoms with Crippen LogP contribution in [0.3, 0.4) is 0 Å². The van der Waals surface area contributed by atoms with Crippen molar-refractivity contribution in [2.45, 2.75) is 45.6 Å². The van der Waals surface area contributed by atoms with Gasteiger partial charge in [-0.15, -0.1) is 0 Å². The molecule has 0 aromatic heterocycles. The zero-order valence-electron chi connectivity index (χ0n) is 10.4. The first kappa shape index (κ1) is 14.1. The highest BCUT2D eigenvalue weighted by Gasteiger charge is 2.24. The maximum Gasteiger partial charge on any atom is 0.243 e. The fourth-order valence-corrected chi connectivity index (χ4v) is 1.70. The second-order valence-electron chi connectivity index (χ2n) is 4.48. The molecule has 1 nitrogen and oxygen atoms in total. The summed E-state index contributed by atoms with van der Waals surface area (Å²) in [4.78, 5) is 0. The van der Waals surface area contributed by atoms with Gasteiger partial charge < -0.3 is 5.11 Å². The van der Waals surface area contributed by atoms with Crippen LogP contribution in [-0.2, 0) is 6.42 Å². The maximum atomic E-state index is 12.5. The molecule has 1 aromatic carbocycles. The summed E-state index contributed by atoms with van der Waals surface area (Å²) in [7, 11) is 0. The molecule has 0 radical (unpaired) electrons. The van der Waals surface area contributed by atoms with Gasteiger partial charge in [0, 0.05) is 5.92 Å². The lowest BCUT2D eigenvalue weighted by Gasteiger charge is -2.18. The lowest BCUT2D eigenvalue weighted by Crippen LogP contribution is -2.16. The third-order valence-electron chi connectivity index (χ3n) is 3.04. The molecule has 2 unspecified atom stereocenters. The number of aliphatic hydroxyl groups excluding tert-OH is 1. The molecule has 0 spiro atoms. The van der Waals surface area contributed by atoms with Gasteiger partial charge in [0.1, 0.15) is 0 Å². The number of aliphatic hydroxyl groups is 1. The molecule has 0 heterocycles. The Labute approximate surface area is 101 Å². The average Bonchev–Trinajstić information content (AvgIpc) is 2.35. The number of halogens is 2. The van der Waals surface area contributed by atoms with Crippen LogP contribution in [0.1, 0.15) is 43.9 Å². The van der Waals surface area contributed by atoms with E-state index in [1.807, 2.05) is 12.1 Å². The van der Waals surface area contributed by atoms with E-state index in [1.165, 1.54) is 12.5 Å². The first-order valence-corrected chi connectivity index (χ1v) is 6.11. The molecular formula is C14H20F2O. The minimum Gasteiger partial charge on any atom is -0.388 e. The van der Waals surface area contributed by atoms with E-state index in [2.05, 4.69) is 6.92 Å². The number of hydrogen-bond acceptors (Lipinski definition) is 1. The van der Waals surface area contributed by atoms with Gasteiger partial charge in [-0.05, 0) is 24.0 Å². The highest BCUT2D eigenvalue weighted by molar-refractivity contribution is 5.24. The molecule has 0 amide bonds. The minimum absolute atomic E-state index is 0.568. The molecule has 0 bridgehead atoms. The Morgan fingerprint density at radius 2 is 1.76 bits per heavy atom. The van der Waals surface area contributed by atoms with Crippen LogP contribution in [0.15, 0.2) is 24.3 Å². The molecule has 0 fully saturated rings. The predicted molar refractivity (Wildman–Crippen MR) is 65.2 cm³/mol. The van der Waals surface area contributed by atoms with E-state index in [0.29, 0.717) is 5.56 Å². The van der Waals surface area contributed by atoms with Gasteiger partial charge in [-0.25, -0.2) is 8.78 Å². The van der Waals surface area contributed by atoms with Crippen LogP contribution >= 0.6 is 0 Å². The Balaban J connectivity index is 2.66. The van der Waals surface area contributed by atoms with E-state index in [4.69, 9.17) is 0 Å². The van der Waals surface area contributed by atoms with Gasteiger partial charge >= 0.3 is 0 Å². The first-order chi connectivity index (χ1) is 8.06. The molecule has 1 N–H and O–H groups in total. The van der Waals surface area contributed by atoms with Crippen LogP contribution in [0, 0.1) is 5.92 Å². The normalized spacial score (nSPS) is 14.9. The summed E-state index contributed by atoms with van der Waals surface area (Å²) in [5, 5.41) is 9.75. The van der Waals surface area contributed by atoms with E-state index < -0.39 is 18.4 Å². The lowest BCUT2D eigenvalue weighted by molar-refractivity contribution is 0.000629. The molecule has 0 aliphatic rings. The molecule has 96 valence electrons. The summed E-state index contributed by atoms with van der Waals surface area (Å²) in [6.45, 7) is 3.49. The van der Waals surface area contributed by atoms with Gasteiger partial charge in [-0.2, -0.15) is 0 Å². The van der Waals surface area contributed by atoms with Crippen molar-refractivity contribution in [3.63, 3.8) is 0 Å². The summed E-state index contributed by atoms with van der Waals surface area (Å²) in [5.74, 6) is -1.03. The van der Waals surface area contributed by atoms with Crippen molar-refractivity contribution in [3.05, 3.63) is 35.4 Å². The van der Waals surface area contributed by atoms with Crippen LogP contribution in [0.2, 0.25) is 0 Å². The zero-order valence-corrected chi connectivity index (χ0v) is 10.4. The second-order valence-corrected chi connectivity index (χ2v) is 4.48. The van der Waals surface area contributed by atoms with Gasteiger partial charge in [0.05, 0.1) is 6.10 Å². The van der Waals surface area contributed by atoms with Gasteiger partial charge in [0.25, 0.3) is 0 Å². The van der Waals surface area contributed by atoms with Crippen molar-refractivity contribution < 1.29 is 13.9 Å². The smallest absolute Gasteiger partial charge is 0.243 e. The Hall–Kier alpha value is -0.960. The Morgan fingerprint density at radius 1 is 1.18 bits per heavy atom. The van der Waals surface area contributed by atoms with Crippen LogP contribution in [0.4, 0.5) is 8.78 Å². The van der Waals surface area contributed by atoms with E-state index in [0.717, 1.165) is 19.3 Å². The summed E-state index contributed by atoms with van der Waals surface area (Å²) < 4.78 is 24.9. The first-order valence-electron chi connectivity index (χ1n) is 6.11. The molecule has 1 rings (SSSR count). The van der Waals surface area contributed by atoms with Gasteiger partial charge in [0.2, 0.25) is 6.43 Å². The second kappa shape index (κ2) is 6.70. The predicted octanol–water partition coefficient (Wildman–Crippen LogP) is 3.96. The standard InChI is InChI=1S/C14H20F2O/c1-3-4-5-11-6-8-12(9-7-11)13(17)10(2)14(15)16/h6-10,13-14,17H,3-5H2,1-2H3. The van der Waals surface area contributed by atoms with Crippen LogP contribution < -0.4 is 0 Å². The number of alkyl halides is 2. The summed E-state index contributed by atoms with van der Waals surface area (Å²) >= 11 is 0. The molecule has 0 saturated heterocycles. The summed E-state index contributed by atoms with van der Waals surface area (Å²) in [6.07, 6.45) is -0.334. The molecule has 0 aliphatic heterocycles. The molecular weight excluding hydrogens is 222 g/mol. The van der Waals surface area contributed by atoms with Gasteiger partial charge in [-0.1, -0.05) is 44.5 Å². The third kappa shape index (κ3) is 4.08. The number of unbranched alkanes of at least 4 members (excludes halogenated alkanes) is 1. The number of rotatable bonds is 6. The SMILES string of the molecule is CCCCc1ccc(C(O)C(C)C(F)F)cc1. The van der Waals surface area contributed by atoms with Crippen molar-refractivity contribution >= 4 is 0 Å². The third-order valence-corrected chi connectivity index (χ3v) is 3.04. The Bertz CT molecular complexity index is 321. The quantitative estimate of drug-likeness (QED) is 0.800. The van der Waals surface area contributed by atoms with Gasteiger partial charge in [0.15, 0.2) is 0 Å². The van der Waals surface area contributed by atoms with Crippen LogP contribution in [0.5, 0.6) is 0 Å². The van der Waals surface area contributed by atoms with E-state index >= 15 is 0 Å². The van der Waals surface area contributed by atoms with Crippen LogP contribution in [-0.4, -0.2) is 11.5 Å². The maximum absolute atomic E-state index is 12.5. The fourth-order valence-electron chi connectivity index (χ4n) is 1.70. The Kier molecular flexibility index (Phi) is 5.56. The van der Waals surface area contributed by atoms with Crippen molar-refractivity contribution in [2.75, 3.05) is 0 Å². The highest BCUT2D eigenvalue weighted by Crippen LogP contribution is 2.26. The lowest BCUT2D eigenvalue weighted by atomic mass is 9.96. The molecule has 17 heavy (non-hydrogen) atoms.